The molecule has 2 heterocycles. The van der Waals surface area contributed by atoms with Crippen molar-refractivity contribution in [1.29, 1.82) is 0 Å². The van der Waals surface area contributed by atoms with Crippen LogP contribution in [0.4, 0.5) is 0 Å². The second-order valence-electron chi connectivity index (χ2n) is 6.77. The Morgan fingerprint density at radius 1 is 1.08 bits per heavy atom. The molecule has 1 aliphatic rings. The van der Waals surface area contributed by atoms with Crippen LogP contribution in [0.5, 0.6) is 0 Å². The van der Waals surface area contributed by atoms with Gasteiger partial charge in [0.25, 0.3) is 5.56 Å². The number of halogens is 1. The van der Waals surface area contributed by atoms with Gasteiger partial charge in [0.1, 0.15) is 5.69 Å². The zero-order chi connectivity index (χ0) is 18.4. The summed E-state index contributed by atoms with van der Waals surface area (Å²) in [5.41, 5.74) is 4.31. The van der Waals surface area contributed by atoms with Gasteiger partial charge in [-0.05, 0) is 54.9 Å². The van der Waals surface area contributed by atoms with Gasteiger partial charge in [-0.25, -0.2) is 4.79 Å². The Kier molecular flexibility index (Phi) is 4.00. The molecule has 7 heteroatoms. The van der Waals surface area contributed by atoms with Crippen molar-refractivity contribution < 1.29 is 0 Å². The van der Waals surface area contributed by atoms with Gasteiger partial charge in [-0.2, -0.15) is 0 Å². The highest BCUT2D eigenvalue weighted by atomic mass is 35.5. The van der Waals surface area contributed by atoms with Crippen molar-refractivity contribution in [2.24, 2.45) is 0 Å². The lowest BCUT2D eigenvalue weighted by Gasteiger charge is -2.08. The van der Waals surface area contributed by atoms with Crippen molar-refractivity contribution in [2.75, 3.05) is 0 Å². The third-order valence-electron chi connectivity index (χ3n) is 4.89. The van der Waals surface area contributed by atoms with Crippen molar-refractivity contribution in [3.63, 3.8) is 0 Å². The molecule has 1 saturated carbocycles. The molecule has 0 aliphatic heterocycles. The Morgan fingerprint density at radius 2 is 1.85 bits per heavy atom. The maximum atomic E-state index is 12.0. The molecule has 2 atom stereocenters. The molecule has 2 N–H and O–H groups in total. The molecule has 4 rings (SSSR count). The van der Waals surface area contributed by atoms with Crippen LogP contribution in [-0.4, -0.2) is 20.2 Å². The van der Waals surface area contributed by atoms with E-state index < -0.39 is 11.2 Å². The summed E-state index contributed by atoms with van der Waals surface area (Å²) < 4.78 is 0. The third kappa shape index (κ3) is 2.97. The first-order valence-corrected chi connectivity index (χ1v) is 8.74. The molecule has 132 valence electrons. The third-order valence-corrected chi connectivity index (χ3v) is 5.18. The van der Waals surface area contributed by atoms with E-state index in [1.165, 1.54) is 22.9 Å². The number of hydrogen-bond acceptors (Lipinski definition) is 4. The summed E-state index contributed by atoms with van der Waals surface area (Å²) in [4.78, 5) is 27.9. The first-order chi connectivity index (χ1) is 12.4. The predicted molar refractivity (Wildman–Crippen MR) is 99.7 cm³/mol. The van der Waals surface area contributed by atoms with Gasteiger partial charge >= 0.3 is 5.69 Å². The lowest BCUT2D eigenvalue weighted by molar-refractivity contribution is 0.948. The number of aromatic nitrogens is 4. The number of H-pyrrole nitrogens is 2. The molecule has 26 heavy (non-hydrogen) atoms. The summed E-state index contributed by atoms with van der Waals surface area (Å²) in [6.45, 7) is 4.20. The van der Waals surface area contributed by atoms with Crippen LogP contribution >= 0.6 is 11.6 Å². The first-order valence-electron chi connectivity index (χ1n) is 8.36. The SMILES string of the molecule is Cc1ccc([C@H]2C[C@@H]2c2cc(-c3c[nH]c(=O)[nH]c3=O)nnc2Cl)c(C)c1. The summed E-state index contributed by atoms with van der Waals surface area (Å²) >= 11 is 6.28. The monoisotopic (exact) mass is 368 g/mol. The molecule has 3 aromatic rings. The van der Waals surface area contributed by atoms with E-state index in [1.807, 2.05) is 0 Å². The fraction of sp³-hybridized carbons (Fsp3) is 0.263. The molecule has 0 bridgehead atoms. The van der Waals surface area contributed by atoms with Crippen molar-refractivity contribution in [2.45, 2.75) is 32.1 Å². The summed E-state index contributed by atoms with van der Waals surface area (Å²) in [5.74, 6) is 0.638. The van der Waals surface area contributed by atoms with Crippen LogP contribution in [0, 0.1) is 13.8 Å². The molecule has 2 aromatic heterocycles. The van der Waals surface area contributed by atoms with Crippen molar-refractivity contribution in [3.8, 4) is 11.3 Å². The van der Waals surface area contributed by atoms with Crippen molar-refractivity contribution in [1.82, 2.24) is 20.2 Å². The standard InChI is InChI=1S/C19H17ClN4O2/c1-9-3-4-11(10(2)5-9)12-6-13(12)14-7-16(23-24-17(14)20)15-8-21-19(26)22-18(15)25/h3-5,7-8,12-13H,6H2,1-2H3,(H2,21,22,25,26)/t12-,13+/m1/s1. The Labute approximate surface area is 154 Å². The summed E-state index contributed by atoms with van der Waals surface area (Å²) in [7, 11) is 0. The topological polar surface area (TPSA) is 91.5 Å². The van der Waals surface area contributed by atoms with E-state index in [4.69, 9.17) is 11.6 Å². The number of benzene rings is 1. The van der Waals surface area contributed by atoms with Gasteiger partial charge in [-0.1, -0.05) is 35.4 Å². The molecule has 1 fully saturated rings. The van der Waals surface area contributed by atoms with Crippen LogP contribution in [0.2, 0.25) is 5.15 Å². The first kappa shape index (κ1) is 16.7. The van der Waals surface area contributed by atoms with Gasteiger partial charge in [0.2, 0.25) is 0 Å². The summed E-state index contributed by atoms with van der Waals surface area (Å²) in [5, 5.41) is 8.38. The highest BCUT2D eigenvalue weighted by Crippen LogP contribution is 2.56. The van der Waals surface area contributed by atoms with Crippen LogP contribution in [0.1, 0.15) is 40.5 Å². The van der Waals surface area contributed by atoms with Gasteiger partial charge in [-0.15, -0.1) is 10.2 Å². The largest absolute Gasteiger partial charge is 0.325 e. The van der Waals surface area contributed by atoms with E-state index in [0.29, 0.717) is 16.8 Å². The van der Waals surface area contributed by atoms with Crippen LogP contribution < -0.4 is 11.2 Å². The number of hydrogen-bond donors (Lipinski definition) is 2. The van der Waals surface area contributed by atoms with Gasteiger partial charge in [0.15, 0.2) is 5.15 Å². The molecule has 0 amide bonds. The minimum Gasteiger partial charge on any atom is -0.313 e. The Morgan fingerprint density at radius 3 is 2.58 bits per heavy atom. The fourth-order valence-corrected chi connectivity index (χ4v) is 3.74. The van der Waals surface area contributed by atoms with E-state index in [0.717, 1.165) is 12.0 Å². The lowest BCUT2D eigenvalue weighted by atomic mass is 9.99. The summed E-state index contributed by atoms with van der Waals surface area (Å²) in [6.07, 6.45) is 2.33. The molecule has 0 spiro atoms. The van der Waals surface area contributed by atoms with Crippen LogP contribution in [0.15, 0.2) is 40.1 Å². The molecule has 0 saturated heterocycles. The molecular weight excluding hydrogens is 352 g/mol. The number of nitrogens with zero attached hydrogens (tertiary/aromatic N) is 2. The quantitative estimate of drug-likeness (QED) is 0.743. The van der Waals surface area contributed by atoms with Crippen LogP contribution in [0.3, 0.4) is 0 Å². The Balaban J connectivity index is 1.70. The van der Waals surface area contributed by atoms with E-state index >= 15 is 0 Å². The van der Waals surface area contributed by atoms with Crippen molar-refractivity contribution >= 4 is 11.6 Å². The lowest BCUT2D eigenvalue weighted by Crippen LogP contribution is -2.23. The van der Waals surface area contributed by atoms with Crippen LogP contribution in [-0.2, 0) is 0 Å². The summed E-state index contributed by atoms with van der Waals surface area (Å²) in [6, 6.07) is 8.27. The van der Waals surface area contributed by atoms with Crippen LogP contribution in [0.25, 0.3) is 11.3 Å². The number of aromatic amines is 2. The molecular formula is C19H17ClN4O2. The fourth-order valence-electron chi connectivity index (χ4n) is 3.51. The molecule has 1 aliphatic carbocycles. The second-order valence-corrected chi connectivity index (χ2v) is 7.13. The van der Waals surface area contributed by atoms with Gasteiger partial charge in [0.05, 0.1) is 5.56 Å². The number of nitrogens with one attached hydrogen (secondary N) is 2. The minimum atomic E-state index is -0.557. The predicted octanol–water partition coefficient (Wildman–Crippen LogP) is 3.06. The minimum absolute atomic E-state index is 0.250. The Bertz CT molecular complexity index is 1120. The maximum Gasteiger partial charge on any atom is 0.325 e. The Hall–Kier alpha value is -2.73. The van der Waals surface area contributed by atoms with E-state index in [1.54, 1.807) is 6.07 Å². The zero-order valence-corrected chi connectivity index (χ0v) is 15.1. The van der Waals surface area contributed by atoms with E-state index in [9.17, 15) is 9.59 Å². The van der Waals surface area contributed by atoms with Gasteiger partial charge in [-0.3, -0.25) is 9.78 Å². The van der Waals surface area contributed by atoms with E-state index in [-0.39, 0.29) is 11.5 Å². The van der Waals surface area contributed by atoms with E-state index in [2.05, 4.69) is 52.2 Å². The zero-order valence-electron chi connectivity index (χ0n) is 14.3. The highest BCUT2D eigenvalue weighted by Gasteiger charge is 2.42. The number of aryl methyl sites for hydroxylation is 2. The average Bonchev–Trinajstić information content (AvgIpc) is 3.36. The van der Waals surface area contributed by atoms with Crippen molar-refractivity contribution in [3.05, 3.63) is 78.7 Å². The van der Waals surface area contributed by atoms with Gasteiger partial charge < -0.3 is 4.98 Å². The molecule has 0 unspecified atom stereocenters. The normalized spacial score (nSPS) is 18.7. The molecule has 0 radical (unpaired) electrons. The maximum absolute atomic E-state index is 12.0. The second kappa shape index (κ2) is 6.21. The molecule has 6 nitrogen and oxygen atoms in total. The average molecular weight is 369 g/mol. The number of rotatable bonds is 3. The van der Waals surface area contributed by atoms with Gasteiger partial charge in [0, 0.05) is 6.20 Å². The smallest absolute Gasteiger partial charge is 0.313 e. The highest BCUT2D eigenvalue weighted by molar-refractivity contribution is 6.30. The molecule has 1 aromatic carbocycles.